The first-order valence-electron chi connectivity index (χ1n) is 9.16. The minimum atomic E-state index is -1.00. The summed E-state index contributed by atoms with van der Waals surface area (Å²) in [6.07, 6.45) is 2.59. The Morgan fingerprint density at radius 2 is 1.68 bits per heavy atom. The van der Waals surface area contributed by atoms with Crippen molar-refractivity contribution in [2.75, 3.05) is 20.3 Å². The maximum atomic E-state index is 10.7. The van der Waals surface area contributed by atoms with Crippen molar-refractivity contribution in [2.45, 2.75) is 33.1 Å². The Kier molecular flexibility index (Phi) is 7.10. The van der Waals surface area contributed by atoms with E-state index in [1.54, 1.807) is 25.3 Å². The van der Waals surface area contributed by atoms with Crippen molar-refractivity contribution in [1.82, 2.24) is 0 Å². The van der Waals surface area contributed by atoms with Crippen molar-refractivity contribution in [3.8, 4) is 17.2 Å². The van der Waals surface area contributed by atoms with Crippen LogP contribution in [0.3, 0.4) is 0 Å². The first-order chi connectivity index (χ1) is 13.2. The maximum absolute atomic E-state index is 10.7. The number of aliphatic carboxylic acids is 1. The second kappa shape index (κ2) is 9.31. The zero-order chi connectivity index (χ0) is 20.7. The van der Waals surface area contributed by atoms with Gasteiger partial charge in [0.05, 0.1) is 7.11 Å². The van der Waals surface area contributed by atoms with Gasteiger partial charge in [-0.25, -0.2) is 4.79 Å². The highest BCUT2D eigenvalue weighted by atomic mass is 16.5. The fourth-order valence-corrected chi connectivity index (χ4v) is 2.75. The fourth-order valence-electron chi connectivity index (χ4n) is 2.75. The summed E-state index contributed by atoms with van der Waals surface area (Å²) >= 11 is 0. The quantitative estimate of drug-likeness (QED) is 0.520. The first-order valence-corrected chi connectivity index (χ1v) is 9.16. The second-order valence-electron chi connectivity index (χ2n) is 7.53. The third-order valence-corrected chi connectivity index (χ3v) is 4.15. The van der Waals surface area contributed by atoms with Gasteiger partial charge < -0.3 is 19.3 Å². The third-order valence-electron chi connectivity index (χ3n) is 4.15. The summed E-state index contributed by atoms with van der Waals surface area (Å²) in [6.45, 7) is 9.22. The second-order valence-corrected chi connectivity index (χ2v) is 7.53. The Hall–Kier alpha value is -2.95. The Labute approximate surface area is 166 Å². The molecule has 0 saturated heterocycles. The molecule has 0 unspecified atom stereocenters. The van der Waals surface area contributed by atoms with Crippen molar-refractivity contribution >= 4 is 12.0 Å². The molecule has 0 heterocycles. The van der Waals surface area contributed by atoms with Crippen molar-refractivity contribution in [1.29, 1.82) is 0 Å². The molecule has 2 aromatic carbocycles. The minimum absolute atomic E-state index is 0.0160. The zero-order valence-electron chi connectivity index (χ0n) is 17.1. The lowest BCUT2D eigenvalue weighted by Gasteiger charge is -2.23. The molecule has 5 heteroatoms. The highest BCUT2D eigenvalue weighted by Crippen LogP contribution is 2.32. The lowest BCUT2D eigenvalue weighted by Crippen LogP contribution is -2.16. The summed E-state index contributed by atoms with van der Waals surface area (Å²) in [7, 11) is 1.56. The predicted octanol–water partition coefficient (Wildman–Crippen LogP) is 4.86. The summed E-state index contributed by atoms with van der Waals surface area (Å²) in [6, 6.07) is 11.5. The number of carboxylic acid groups (broad SMARTS) is 1. The molecular formula is C23H28O5. The lowest BCUT2D eigenvalue weighted by molar-refractivity contribution is -0.131. The van der Waals surface area contributed by atoms with E-state index in [1.807, 2.05) is 13.0 Å². The monoisotopic (exact) mass is 384 g/mol. The van der Waals surface area contributed by atoms with Crippen LogP contribution in [0, 0.1) is 6.92 Å². The molecule has 0 amide bonds. The van der Waals surface area contributed by atoms with Gasteiger partial charge in [0, 0.05) is 6.08 Å². The predicted molar refractivity (Wildman–Crippen MR) is 111 cm³/mol. The SMILES string of the molecule is COc1ccc(C=CC(=O)O)cc1OCCOc1cc(C)ccc1C(C)(C)C. The van der Waals surface area contributed by atoms with E-state index in [-0.39, 0.29) is 5.41 Å². The van der Waals surface area contributed by atoms with Crippen LogP contribution in [0.25, 0.3) is 6.08 Å². The van der Waals surface area contributed by atoms with Gasteiger partial charge in [0.2, 0.25) is 0 Å². The summed E-state index contributed by atoms with van der Waals surface area (Å²) in [5.41, 5.74) is 2.99. The Morgan fingerprint density at radius 3 is 2.29 bits per heavy atom. The van der Waals surface area contributed by atoms with Crippen LogP contribution in [0.2, 0.25) is 0 Å². The number of hydrogen-bond donors (Lipinski definition) is 1. The van der Waals surface area contributed by atoms with Gasteiger partial charge in [-0.1, -0.05) is 39.0 Å². The highest BCUT2D eigenvalue weighted by molar-refractivity contribution is 5.85. The van der Waals surface area contributed by atoms with E-state index >= 15 is 0 Å². The van der Waals surface area contributed by atoms with Gasteiger partial charge in [0.1, 0.15) is 19.0 Å². The van der Waals surface area contributed by atoms with E-state index in [0.717, 1.165) is 23.0 Å². The molecule has 0 aromatic heterocycles. The van der Waals surface area contributed by atoms with Crippen molar-refractivity contribution in [3.05, 3.63) is 59.2 Å². The molecule has 150 valence electrons. The highest BCUT2D eigenvalue weighted by Gasteiger charge is 2.19. The van der Waals surface area contributed by atoms with E-state index in [0.29, 0.717) is 30.3 Å². The molecule has 0 aliphatic heterocycles. The van der Waals surface area contributed by atoms with Gasteiger partial charge in [-0.15, -0.1) is 0 Å². The van der Waals surface area contributed by atoms with E-state index < -0.39 is 5.97 Å². The first kappa shape index (κ1) is 21.4. The van der Waals surface area contributed by atoms with Crippen LogP contribution in [0.1, 0.15) is 37.5 Å². The van der Waals surface area contributed by atoms with Crippen LogP contribution in [0.4, 0.5) is 0 Å². The number of aryl methyl sites for hydroxylation is 1. The Bertz CT molecular complexity index is 847. The molecule has 0 spiro atoms. The van der Waals surface area contributed by atoms with Crippen molar-refractivity contribution < 1.29 is 24.1 Å². The lowest BCUT2D eigenvalue weighted by atomic mass is 9.86. The Balaban J connectivity index is 2.05. The van der Waals surface area contributed by atoms with Crippen LogP contribution in [0.15, 0.2) is 42.5 Å². The number of rotatable bonds is 8. The van der Waals surface area contributed by atoms with E-state index in [9.17, 15) is 4.79 Å². The van der Waals surface area contributed by atoms with E-state index in [1.165, 1.54) is 6.08 Å². The molecule has 1 N–H and O–H groups in total. The van der Waals surface area contributed by atoms with Crippen LogP contribution in [-0.2, 0) is 10.2 Å². The molecule has 0 fully saturated rings. The van der Waals surface area contributed by atoms with Crippen molar-refractivity contribution in [2.24, 2.45) is 0 Å². The Morgan fingerprint density at radius 1 is 1.00 bits per heavy atom. The van der Waals surface area contributed by atoms with Gasteiger partial charge in [-0.3, -0.25) is 0 Å². The van der Waals surface area contributed by atoms with Crippen LogP contribution >= 0.6 is 0 Å². The molecule has 0 atom stereocenters. The van der Waals surface area contributed by atoms with E-state index in [2.05, 4.69) is 32.9 Å². The molecule has 28 heavy (non-hydrogen) atoms. The van der Waals surface area contributed by atoms with Gasteiger partial charge in [-0.2, -0.15) is 0 Å². The average molecular weight is 384 g/mol. The molecule has 5 nitrogen and oxygen atoms in total. The van der Waals surface area contributed by atoms with Crippen LogP contribution in [0.5, 0.6) is 17.2 Å². The molecular weight excluding hydrogens is 356 g/mol. The summed E-state index contributed by atoms with van der Waals surface area (Å²) in [4.78, 5) is 10.7. The average Bonchev–Trinajstić information content (AvgIpc) is 2.62. The molecule has 0 bridgehead atoms. The van der Waals surface area contributed by atoms with Crippen LogP contribution in [-0.4, -0.2) is 31.4 Å². The summed E-state index contributed by atoms with van der Waals surface area (Å²) < 4.78 is 17.1. The number of carbonyl (C=O) groups is 1. The topological polar surface area (TPSA) is 65.0 Å². The van der Waals surface area contributed by atoms with Crippen LogP contribution < -0.4 is 14.2 Å². The number of methoxy groups -OCH3 is 1. The minimum Gasteiger partial charge on any atom is -0.493 e. The van der Waals surface area contributed by atoms with Gasteiger partial charge in [0.15, 0.2) is 11.5 Å². The molecule has 2 aromatic rings. The summed E-state index contributed by atoms with van der Waals surface area (Å²) in [5, 5.41) is 8.77. The third kappa shape index (κ3) is 6.05. The number of hydrogen-bond acceptors (Lipinski definition) is 4. The van der Waals surface area contributed by atoms with E-state index in [4.69, 9.17) is 19.3 Å². The van der Waals surface area contributed by atoms with Gasteiger partial charge in [-0.05, 0) is 53.3 Å². The standard InChI is InChI=1S/C23H28O5/c1-16-6-9-18(23(2,3)4)20(14-16)27-12-13-28-21-15-17(8-11-22(24)25)7-10-19(21)26-5/h6-11,14-15H,12-13H2,1-5H3,(H,24,25). The van der Waals surface area contributed by atoms with Crippen molar-refractivity contribution in [3.63, 3.8) is 0 Å². The smallest absolute Gasteiger partial charge is 0.328 e. The number of ether oxygens (including phenoxy) is 3. The van der Waals surface area contributed by atoms with Gasteiger partial charge in [0.25, 0.3) is 0 Å². The molecule has 2 rings (SSSR count). The maximum Gasteiger partial charge on any atom is 0.328 e. The zero-order valence-corrected chi connectivity index (χ0v) is 17.1. The number of carboxylic acids is 1. The molecule has 0 saturated carbocycles. The summed E-state index contributed by atoms with van der Waals surface area (Å²) in [5.74, 6) is 0.984. The molecule has 0 aliphatic carbocycles. The molecule has 0 aliphatic rings. The normalized spacial score (nSPS) is 11.5. The van der Waals surface area contributed by atoms with Gasteiger partial charge >= 0.3 is 5.97 Å². The largest absolute Gasteiger partial charge is 0.493 e. The fraction of sp³-hybridized carbons (Fsp3) is 0.348. The molecule has 0 radical (unpaired) electrons. The number of benzene rings is 2.